The molecular formula is C12H16N2O2. The molecule has 2 N–H and O–H groups in total. The molecule has 1 aliphatic rings. The predicted molar refractivity (Wildman–Crippen MR) is 62.8 cm³/mol. The van der Waals surface area contributed by atoms with Crippen molar-refractivity contribution in [2.24, 2.45) is 0 Å². The van der Waals surface area contributed by atoms with Crippen molar-refractivity contribution in [1.29, 1.82) is 0 Å². The molecule has 0 aromatic heterocycles. The molecule has 0 atom stereocenters. The molecule has 1 saturated heterocycles. The molecule has 1 aromatic carbocycles. The van der Waals surface area contributed by atoms with E-state index in [1.54, 1.807) is 0 Å². The maximum atomic E-state index is 11.3. The average Bonchev–Trinajstić information content (AvgIpc) is 2.31. The summed E-state index contributed by atoms with van der Waals surface area (Å²) in [5.74, 6) is 0. The number of rotatable bonds is 2. The van der Waals surface area contributed by atoms with E-state index >= 15 is 0 Å². The molecule has 1 aromatic rings. The number of nitrogens with one attached hydrogen (secondary N) is 1. The molecule has 0 aliphatic carbocycles. The second-order valence-electron chi connectivity index (χ2n) is 3.97. The third kappa shape index (κ3) is 2.33. The number of benzene rings is 1. The van der Waals surface area contributed by atoms with Crippen LogP contribution in [-0.2, 0) is 0 Å². The van der Waals surface area contributed by atoms with Gasteiger partial charge in [0.2, 0.25) is 0 Å². The number of carbonyl (C=O) groups is 1. The van der Waals surface area contributed by atoms with Crippen LogP contribution in [0.2, 0.25) is 0 Å². The lowest BCUT2D eigenvalue weighted by atomic mass is 10.0. The summed E-state index contributed by atoms with van der Waals surface area (Å²) in [7, 11) is 0. The zero-order valence-corrected chi connectivity index (χ0v) is 9.10. The van der Waals surface area contributed by atoms with Crippen molar-refractivity contribution in [3.8, 4) is 0 Å². The minimum absolute atomic E-state index is 0.0983. The highest BCUT2D eigenvalue weighted by Crippen LogP contribution is 2.21. The summed E-state index contributed by atoms with van der Waals surface area (Å²) < 4.78 is 0. The highest BCUT2D eigenvalue weighted by atomic mass is 16.4. The normalized spacial score (nSPS) is 17.0. The average molecular weight is 220 g/mol. The summed E-state index contributed by atoms with van der Waals surface area (Å²) in [5.41, 5.74) is 0.766. The summed E-state index contributed by atoms with van der Waals surface area (Å²) in [4.78, 5) is 12.8. The molecule has 0 bridgehead atoms. The number of carboxylic acid groups (broad SMARTS) is 1. The van der Waals surface area contributed by atoms with Gasteiger partial charge in [0.05, 0.1) is 0 Å². The van der Waals surface area contributed by atoms with Crippen LogP contribution < -0.4 is 10.2 Å². The Kier molecular flexibility index (Phi) is 3.41. The highest BCUT2D eigenvalue weighted by Gasteiger charge is 2.25. The quantitative estimate of drug-likeness (QED) is 0.800. The second-order valence-corrected chi connectivity index (χ2v) is 3.97. The Morgan fingerprint density at radius 2 is 1.88 bits per heavy atom. The molecule has 4 heteroatoms. The molecule has 16 heavy (non-hydrogen) atoms. The van der Waals surface area contributed by atoms with Gasteiger partial charge in [-0.3, -0.25) is 4.90 Å². The van der Waals surface area contributed by atoms with Crippen LogP contribution in [0.3, 0.4) is 0 Å². The predicted octanol–water partition coefficient (Wildman–Crippen LogP) is 1.92. The zero-order valence-electron chi connectivity index (χ0n) is 9.10. The fourth-order valence-corrected chi connectivity index (χ4v) is 2.13. The van der Waals surface area contributed by atoms with Gasteiger partial charge in [-0.2, -0.15) is 0 Å². The van der Waals surface area contributed by atoms with Gasteiger partial charge in [0.15, 0.2) is 0 Å². The number of anilines is 1. The molecule has 0 radical (unpaired) electrons. The standard InChI is InChI=1S/C12H16N2O2/c15-12(16)14(10-4-2-1-3-5-10)11-6-8-13-9-7-11/h1-5,11,13H,6-9H2,(H,15,16). The molecule has 4 nitrogen and oxygen atoms in total. The third-order valence-corrected chi connectivity index (χ3v) is 2.91. The van der Waals surface area contributed by atoms with Gasteiger partial charge in [0, 0.05) is 11.7 Å². The summed E-state index contributed by atoms with van der Waals surface area (Å²) in [6.07, 6.45) is 0.889. The van der Waals surface area contributed by atoms with E-state index in [0.29, 0.717) is 0 Å². The Morgan fingerprint density at radius 1 is 1.25 bits per heavy atom. The Hall–Kier alpha value is -1.55. The first kappa shape index (κ1) is 11.0. The summed E-state index contributed by atoms with van der Waals surface area (Å²) in [6, 6.07) is 9.41. The smallest absolute Gasteiger partial charge is 0.412 e. The van der Waals surface area contributed by atoms with Crippen LogP contribution in [-0.4, -0.2) is 30.3 Å². The van der Waals surface area contributed by atoms with E-state index in [1.807, 2.05) is 30.3 Å². The first-order valence-electron chi connectivity index (χ1n) is 5.57. The monoisotopic (exact) mass is 220 g/mol. The molecule has 1 fully saturated rings. The van der Waals surface area contributed by atoms with Gasteiger partial charge in [-0.25, -0.2) is 4.79 Å². The summed E-state index contributed by atoms with van der Waals surface area (Å²) in [6.45, 7) is 1.78. The highest BCUT2D eigenvalue weighted by molar-refractivity contribution is 5.86. The van der Waals surface area contributed by atoms with Crippen LogP contribution in [0.15, 0.2) is 30.3 Å². The van der Waals surface area contributed by atoms with Crippen LogP contribution >= 0.6 is 0 Å². The van der Waals surface area contributed by atoms with Crippen molar-refractivity contribution in [3.05, 3.63) is 30.3 Å². The van der Waals surface area contributed by atoms with E-state index in [-0.39, 0.29) is 6.04 Å². The fourth-order valence-electron chi connectivity index (χ4n) is 2.13. The largest absolute Gasteiger partial charge is 0.465 e. The maximum Gasteiger partial charge on any atom is 0.412 e. The molecule has 1 aliphatic heterocycles. The molecule has 1 amide bonds. The minimum Gasteiger partial charge on any atom is -0.465 e. The number of amides is 1. The summed E-state index contributed by atoms with van der Waals surface area (Å²) in [5, 5.41) is 12.5. The first-order chi connectivity index (χ1) is 7.79. The first-order valence-corrected chi connectivity index (χ1v) is 5.57. The molecule has 86 valence electrons. The van der Waals surface area contributed by atoms with Crippen LogP contribution in [0.5, 0.6) is 0 Å². The van der Waals surface area contributed by atoms with Gasteiger partial charge >= 0.3 is 6.09 Å². The van der Waals surface area contributed by atoms with Crippen molar-refractivity contribution in [2.75, 3.05) is 18.0 Å². The SMILES string of the molecule is O=C(O)N(c1ccccc1)C1CCNCC1. The van der Waals surface area contributed by atoms with E-state index < -0.39 is 6.09 Å². The van der Waals surface area contributed by atoms with Gasteiger partial charge in [-0.1, -0.05) is 18.2 Å². The summed E-state index contributed by atoms with van der Waals surface area (Å²) >= 11 is 0. The van der Waals surface area contributed by atoms with Gasteiger partial charge in [-0.15, -0.1) is 0 Å². The number of para-hydroxylation sites is 1. The number of nitrogens with zero attached hydrogens (tertiary/aromatic N) is 1. The third-order valence-electron chi connectivity index (χ3n) is 2.91. The van der Waals surface area contributed by atoms with Crippen molar-refractivity contribution >= 4 is 11.8 Å². The Labute approximate surface area is 94.9 Å². The van der Waals surface area contributed by atoms with Gasteiger partial charge < -0.3 is 10.4 Å². The lowest BCUT2D eigenvalue weighted by molar-refractivity contribution is 0.197. The molecule has 2 rings (SSSR count). The van der Waals surface area contributed by atoms with Gasteiger partial charge in [0.25, 0.3) is 0 Å². The van der Waals surface area contributed by atoms with E-state index in [0.717, 1.165) is 31.6 Å². The fraction of sp³-hybridized carbons (Fsp3) is 0.417. The molecular weight excluding hydrogens is 204 g/mol. The van der Waals surface area contributed by atoms with Crippen molar-refractivity contribution < 1.29 is 9.90 Å². The minimum atomic E-state index is -0.863. The Balaban J connectivity index is 2.20. The maximum absolute atomic E-state index is 11.3. The van der Waals surface area contributed by atoms with Gasteiger partial charge in [-0.05, 0) is 38.1 Å². The number of hydrogen-bond acceptors (Lipinski definition) is 2. The topological polar surface area (TPSA) is 52.6 Å². The van der Waals surface area contributed by atoms with Crippen LogP contribution in [0.25, 0.3) is 0 Å². The van der Waals surface area contributed by atoms with Crippen molar-refractivity contribution in [2.45, 2.75) is 18.9 Å². The van der Waals surface area contributed by atoms with E-state index in [2.05, 4.69) is 5.32 Å². The Bertz CT molecular complexity index is 347. The molecule has 1 heterocycles. The molecule has 0 spiro atoms. The van der Waals surface area contributed by atoms with E-state index in [9.17, 15) is 9.90 Å². The van der Waals surface area contributed by atoms with Gasteiger partial charge in [0.1, 0.15) is 0 Å². The van der Waals surface area contributed by atoms with Crippen molar-refractivity contribution in [3.63, 3.8) is 0 Å². The van der Waals surface area contributed by atoms with Crippen LogP contribution in [0.4, 0.5) is 10.5 Å². The lowest BCUT2D eigenvalue weighted by Crippen LogP contribution is -2.45. The Morgan fingerprint density at radius 3 is 2.44 bits per heavy atom. The second kappa shape index (κ2) is 4.99. The van der Waals surface area contributed by atoms with E-state index in [1.165, 1.54) is 4.90 Å². The number of piperidine rings is 1. The number of hydrogen-bond donors (Lipinski definition) is 2. The lowest BCUT2D eigenvalue weighted by Gasteiger charge is -2.32. The molecule has 0 saturated carbocycles. The van der Waals surface area contributed by atoms with Crippen LogP contribution in [0, 0.1) is 0 Å². The van der Waals surface area contributed by atoms with Crippen LogP contribution in [0.1, 0.15) is 12.8 Å². The zero-order chi connectivity index (χ0) is 11.4. The molecule has 0 unspecified atom stereocenters. The van der Waals surface area contributed by atoms with E-state index in [4.69, 9.17) is 0 Å². The van der Waals surface area contributed by atoms with Crippen molar-refractivity contribution in [1.82, 2.24) is 5.32 Å².